The smallest absolute Gasteiger partial charge is 0.278 e. The Hall–Kier alpha value is -1.31. The van der Waals surface area contributed by atoms with E-state index in [1.807, 2.05) is 34.7 Å². The first-order chi connectivity index (χ1) is 7.74. The van der Waals surface area contributed by atoms with Crippen LogP contribution < -0.4 is 9.47 Å². The Kier molecular flexibility index (Phi) is 3.28. The largest absolute Gasteiger partial charge is 0.497 e. The van der Waals surface area contributed by atoms with Crippen LogP contribution in [0.1, 0.15) is 0 Å². The lowest BCUT2D eigenvalue weighted by Gasteiger charge is -2.06. The Morgan fingerprint density at radius 3 is 2.56 bits per heavy atom. The lowest BCUT2D eigenvalue weighted by Crippen LogP contribution is -1.90. The van der Waals surface area contributed by atoms with Gasteiger partial charge in [0, 0.05) is 28.7 Å². The van der Waals surface area contributed by atoms with E-state index in [1.54, 1.807) is 20.3 Å². The van der Waals surface area contributed by atoms with Gasteiger partial charge in [-0.05, 0) is 12.1 Å². The number of aromatic nitrogens is 2. The Morgan fingerprint density at radius 1 is 1.19 bits per heavy atom. The van der Waals surface area contributed by atoms with Gasteiger partial charge in [0.05, 0.1) is 19.8 Å². The molecular formula is C10H9IN2O3. The fourth-order valence-corrected chi connectivity index (χ4v) is 1.61. The third-order valence-corrected chi connectivity index (χ3v) is 2.48. The van der Waals surface area contributed by atoms with Crippen LogP contribution in [0.3, 0.4) is 0 Å². The minimum absolute atomic E-state index is 0.434. The average molecular weight is 332 g/mol. The number of ether oxygens (including phenoxy) is 2. The predicted molar refractivity (Wildman–Crippen MR) is 65.6 cm³/mol. The monoisotopic (exact) mass is 332 g/mol. The molecule has 5 nitrogen and oxygen atoms in total. The molecule has 1 aromatic heterocycles. The van der Waals surface area contributed by atoms with Crippen molar-refractivity contribution >= 4 is 22.6 Å². The van der Waals surface area contributed by atoms with Crippen LogP contribution in [-0.4, -0.2) is 24.4 Å². The average Bonchev–Trinajstić information content (AvgIpc) is 2.74. The number of halogens is 1. The van der Waals surface area contributed by atoms with Gasteiger partial charge in [0.25, 0.3) is 9.79 Å². The number of methoxy groups -OCH3 is 2. The minimum Gasteiger partial charge on any atom is -0.497 e. The molecule has 2 aromatic rings. The second kappa shape index (κ2) is 4.69. The highest BCUT2D eigenvalue weighted by Gasteiger charge is 2.13. The van der Waals surface area contributed by atoms with Gasteiger partial charge in [-0.1, -0.05) is 0 Å². The SMILES string of the molecule is COc1ccc(-c2nnc(I)o2)c(OC)c1. The van der Waals surface area contributed by atoms with Crippen molar-refractivity contribution in [1.82, 2.24) is 10.2 Å². The molecule has 0 spiro atoms. The lowest BCUT2D eigenvalue weighted by atomic mass is 10.2. The van der Waals surface area contributed by atoms with Crippen LogP contribution in [0.5, 0.6) is 11.5 Å². The molecular weight excluding hydrogens is 323 g/mol. The number of nitrogens with zero attached hydrogens (tertiary/aromatic N) is 2. The van der Waals surface area contributed by atoms with Crippen LogP contribution >= 0.6 is 22.6 Å². The molecule has 16 heavy (non-hydrogen) atoms. The van der Waals surface area contributed by atoms with E-state index >= 15 is 0 Å². The van der Waals surface area contributed by atoms with E-state index in [-0.39, 0.29) is 0 Å². The van der Waals surface area contributed by atoms with Crippen molar-refractivity contribution in [2.24, 2.45) is 0 Å². The molecule has 0 bridgehead atoms. The molecule has 0 saturated carbocycles. The second-order valence-electron chi connectivity index (χ2n) is 2.93. The van der Waals surface area contributed by atoms with Gasteiger partial charge in [-0.25, -0.2) is 0 Å². The van der Waals surface area contributed by atoms with E-state index in [0.29, 0.717) is 15.5 Å². The quantitative estimate of drug-likeness (QED) is 0.808. The Labute approximate surface area is 106 Å². The van der Waals surface area contributed by atoms with E-state index in [1.165, 1.54) is 0 Å². The number of hydrogen-bond acceptors (Lipinski definition) is 5. The van der Waals surface area contributed by atoms with Crippen LogP contribution in [0.15, 0.2) is 22.6 Å². The van der Waals surface area contributed by atoms with Gasteiger partial charge in [-0.3, -0.25) is 0 Å². The highest BCUT2D eigenvalue weighted by molar-refractivity contribution is 14.1. The van der Waals surface area contributed by atoms with E-state index in [0.717, 1.165) is 11.3 Å². The summed E-state index contributed by atoms with van der Waals surface area (Å²) >= 11 is 1.96. The van der Waals surface area contributed by atoms with Crippen molar-refractivity contribution in [1.29, 1.82) is 0 Å². The maximum atomic E-state index is 5.33. The van der Waals surface area contributed by atoms with Crippen LogP contribution in [0.2, 0.25) is 0 Å². The van der Waals surface area contributed by atoms with Gasteiger partial charge in [0.1, 0.15) is 11.5 Å². The topological polar surface area (TPSA) is 57.4 Å². The number of rotatable bonds is 3. The Balaban J connectivity index is 2.48. The standard InChI is InChI=1S/C10H9IN2O3/c1-14-6-3-4-7(8(5-6)15-2)9-12-13-10(11)16-9/h3-5H,1-2H3. The highest BCUT2D eigenvalue weighted by Crippen LogP contribution is 2.32. The molecule has 0 aliphatic heterocycles. The summed E-state index contributed by atoms with van der Waals surface area (Å²) in [4.78, 5) is 0. The summed E-state index contributed by atoms with van der Waals surface area (Å²) in [7, 11) is 3.18. The van der Waals surface area contributed by atoms with Crippen molar-refractivity contribution < 1.29 is 13.9 Å². The summed E-state index contributed by atoms with van der Waals surface area (Å²) in [6.45, 7) is 0. The molecule has 84 valence electrons. The maximum absolute atomic E-state index is 5.33. The molecule has 0 aliphatic carbocycles. The first-order valence-corrected chi connectivity index (χ1v) is 5.54. The van der Waals surface area contributed by atoms with Crippen LogP contribution in [-0.2, 0) is 0 Å². The molecule has 1 aromatic carbocycles. The first kappa shape index (κ1) is 11.2. The zero-order valence-electron chi connectivity index (χ0n) is 8.73. The van der Waals surface area contributed by atoms with Crippen molar-refractivity contribution in [3.63, 3.8) is 0 Å². The molecule has 0 radical (unpaired) electrons. The second-order valence-corrected chi connectivity index (χ2v) is 3.85. The van der Waals surface area contributed by atoms with Gasteiger partial charge in [0.2, 0.25) is 0 Å². The van der Waals surface area contributed by atoms with Gasteiger partial charge < -0.3 is 13.9 Å². The summed E-state index contributed by atoms with van der Waals surface area (Å²) in [5.74, 6) is 1.79. The zero-order valence-corrected chi connectivity index (χ0v) is 10.9. The minimum atomic E-state index is 0.434. The van der Waals surface area contributed by atoms with Gasteiger partial charge >= 0.3 is 0 Å². The molecule has 6 heteroatoms. The van der Waals surface area contributed by atoms with Crippen molar-refractivity contribution in [3.05, 3.63) is 22.1 Å². The van der Waals surface area contributed by atoms with Gasteiger partial charge in [-0.2, -0.15) is 0 Å². The van der Waals surface area contributed by atoms with E-state index in [2.05, 4.69) is 10.2 Å². The molecule has 0 saturated heterocycles. The molecule has 0 fully saturated rings. The summed E-state index contributed by atoms with van der Waals surface area (Å²) in [6, 6.07) is 5.41. The zero-order chi connectivity index (χ0) is 11.5. The van der Waals surface area contributed by atoms with Gasteiger partial charge in [-0.15, -0.1) is 10.2 Å². The Bertz CT molecular complexity index is 499. The molecule has 0 amide bonds. The lowest BCUT2D eigenvalue weighted by molar-refractivity contribution is 0.394. The predicted octanol–water partition coefficient (Wildman–Crippen LogP) is 2.36. The van der Waals surface area contributed by atoms with E-state index < -0.39 is 0 Å². The summed E-state index contributed by atoms with van der Waals surface area (Å²) in [6.07, 6.45) is 0. The van der Waals surface area contributed by atoms with E-state index in [9.17, 15) is 0 Å². The molecule has 2 rings (SSSR count). The summed E-state index contributed by atoms with van der Waals surface area (Å²) in [5.41, 5.74) is 0.749. The first-order valence-electron chi connectivity index (χ1n) is 4.46. The van der Waals surface area contributed by atoms with Crippen LogP contribution in [0.4, 0.5) is 0 Å². The molecule has 0 unspecified atom stereocenters. The third-order valence-electron chi connectivity index (χ3n) is 2.04. The number of benzene rings is 1. The fourth-order valence-electron chi connectivity index (χ4n) is 1.29. The molecule has 1 heterocycles. The highest BCUT2D eigenvalue weighted by atomic mass is 127. The molecule has 0 atom stereocenters. The summed E-state index contributed by atoms with van der Waals surface area (Å²) < 4.78 is 16.2. The Morgan fingerprint density at radius 2 is 2.00 bits per heavy atom. The van der Waals surface area contributed by atoms with Gasteiger partial charge in [0.15, 0.2) is 0 Å². The molecule has 0 aliphatic rings. The maximum Gasteiger partial charge on any atom is 0.278 e. The molecule has 0 N–H and O–H groups in total. The van der Waals surface area contributed by atoms with Crippen LogP contribution in [0.25, 0.3) is 11.5 Å². The fraction of sp³-hybridized carbons (Fsp3) is 0.200. The normalized spacial score (nSPS) is 10.2. The van der Waals surface area contributed by atoms with Crippen molar-refractivity contribution in [2.75, 3.05) is 14.2 Å². The van der Waals surface area contributed by atoms with Crippen LogP contribution in [0, 0.1) is 3.90 Å². The number of hydrogen-bond donors (Lipinski definition) is 0. The summed E-state index contributed by atoms with van der Waals surface area (Å²) in [5, 5.41) is 7.70. The van der Waals surface area contributed by atoms with E-state index in [4.69, 9.17) is 13.9 Å². The third kappa shape index (κ3) is 2.11. The van der Waals surface area contributed by atoms with Crippen molar-refractivity contribution in [3.8, 4) is 23.0 Å². The van der Waals surface area contributed by atoms with Crippen molar-refractivity contribution in [2.45, 2.75) is 0 Å².